The van der Waals surface area contributed by atoms with Gasteiger partial charge in [-0.3, -0.25) is 0 Å². The molecule has 3 rings (SSSR count). The Labute approximate surface area is 201 Å². The molecule has 2 aliphatic rings. The highest BCUT2D eigenvalue weighted by Gasteiger charge is 2.66. The van der Waals surface area contributed by atoms with Crippen LogP contribution >= 0.6 is 0 Å². The summed E-state index contributed by atoms with van der Waals surface area (Å²) in [7, 11) is 0.226. The smallest absolute Gasteiger partial charge is 0.332 e. The molecule has 1 aromatic rings. The topological polar surface area (TPSA) is 88.4 Å². The predicted molar refractivity (Wildman–Crippen MR) is 130 cm³/mol. The Hall–Kier alpha value is -1.75. The Morgan fingerprint density at radius 2 is 2.00 bits per heavy atom. The fourth-order valence-corrected chi connectivity index (χ4v) is 7.14. The zero-order chi connectivity index (χ0) is 24.6. The minimum atomic E-state index is -1.53. The van der Waals surface area contributed by atoms with Crippen molar-refractivity contribution < 1.29 is 18.5 Å². The molecule has 6 atom stereocenters. The number of nitrogens with zero attached hydrogens (tertiary/aromatic N) is 1. The molecule has 1 saturated carbocycles. The fourth-order valence-electron chi connectivity index (χ4n) is 6.15. The van der Waals surface area contributed by atoms with Crippen molar-refractivity contribution in [1.29, 1.82) is 5.26 Å². The summed E-state index contributed by atoms with van der Waals surface area (Å²) in [6, 6.07) is 7.76. The number of fused-ring (bicyclic) bond motifs is 1. The third-order valence-corrected chi connectivity index (χ3v) is 9.14. The van der Waals surface area contributed by atoms with Gasteiger partial charge in [0.1, 0.15) is 0 Å². The van der Waals surface area contributed by atoms with Gasteiger partial charge < -0.3 is 9.47 Å². The van der Waals surface area contributed by atoms with E-state index in [0.29, 0.717) is 12.0 Å². The van der Waals surface area contributed by atoms with Gasteiger partial charge in [0.25, 0.3) is 0 Å². The number of ether oxygens (including phenoxy) is 2. The minimum Gasteiger partial charge on any atom is -0.464 e. The van der Waals surface area contributed by atoms with Crippen LogP contribution in [0.15, 0.2) is 18.2 Å². The molecular formula is C26H38N2O4S. The van der Waals surface area contributed by atoms with Gasteiger partial charge in [-0.15, -0.1) is 0 Å². The van der Waals surface area contributed by atoms with Crippen LogP contribution in [0, 0.1) is 28.6 Å². The number of rotatable bonds is 6. The van der Waals surface area contributed by atoms with E-state index in [1.807, 2.05) is 26.8 Å². The number of nitrogens with one attached hydrogen (secondary N) is 1. The summed E-state index contributed by atoms with van der Waals surface area (Å²) in [6.07, 6.45) is 3.17. The van der Waals surface area contributed by atoms with Crippen LogP contribution < -0.4 is 4.72 Å². The third-order valence-electron chi connectivity index (χ3n) is 7.54. The van der Waals surface area contributed by atoms with Crippen molar-refractivity contribution in [3.8, 4) is 6.07 Å². The van der Waals surface area contributed by atoms with Gasteiger partial charge in [0.05, 0.1) is 40.1 Å². The molecule has 1 fully saturated rings. The van der Waals surface area contributed by atoms with E-state index in [0.717, 1.165) is 30.4 Å². The Bertz CT molecular complexity index is 966. The molecule has 0 radical (unpaired) electrons. The van der Waals surface area contributed by atoms with E-state index >= 15 is 0 Å². The molecule has 0 bridgehead atoms. The molecule has 0 amide bonds. The number of methoxy groups -OCH3 is 1. The molecule has 7 heteroatoms. The minimum absolute atomic E-state index is 0.104. The number of benzene rings is 1. The summed E-state index contributed by atoms with van der Waals surface area (Å²) in [5, 5.41) is 9.62. The molecule has 2 aliphatic carbocycles. The molecule has 0 aliphatic heterocycles. The molecular weight excluding hydrogens is 436 g/mol. The average molecular weight is 475 g/mol. The number of hydrogen-bond donors (Lipinski definition) is 1. The Kier molecular flexibility index (Phi) is 7.43. The zero-order valence-corrected chi connectivity index (χ0v) is 21.8. The van der Waals surface area contributed by atoms with Crippen LogP contribution in [0.3, 0.4) is 0 Å². The molecule has 182 valence electrons. The predicted octanol–water partition coefficient (Wildman–Crippen LogP) is 4.38. The summed E-state index contributed by atoms with van der Waals surface area (Å²) < 4.78 is 27.9. The third kappa shape index (κ3) is 4.26. The molecule has 0 aromatic heterocycles. The summed E-state index contributed by atoms with van der Waals surface area (Å²) in [4.78, 5) is 14.0. The van der Waals surface area contributed by atoms with Crippen LogP contribution in [0.4, 0.5) is 0 Å². The van der Waals surface area contributed by atoms with E-state index in [1.165, 1.54) is 0 Å². The van der Waals surface area contributed by atoms with Gasteiger partial charge in [-0.25, -0.2) is 13.7 Å². The van der Waals surface area contributed by atoms with Crippen molar-refractivity contribution >= 4 is 17.0 Å². The molecule has 1 aromatic carbocycles. The highest BCUT2D eigenvalue weighted by molar-refractivity contribution is 7.84. The van der Waals surface area contributed by atoms with Crippen molar-refractivity contribution in [1.82, 2.24) is 4.72 Å². The molecule has 0 saturated heterocycles. The molecule has 1 spiro atoms. The second-order valence-corrected chi connectivity index (χ2v) is 12.6. The highest BCUT2D eigenvalue weighted by Crippen LogP contribution is 2.61. The summed E-state index contributed by atoms with van der Waals surface area (Å²) in [5.74, 6) is 0.0497. The number of esters is 1. The summed E-state index contributed by atoms with van der Waals surface area (Å²) in [6.45, 7) is 12.0. The van der Waals surface area contributed by atoms with Crippen molar-refractivity contribution in [2.75, 3.05) is 13.7 Å². The fraction of sp³-hybridized carbons (Fsp3) is 0.692. The van der Waals surface area contributed by atoms with Crippen LogP contribution in [0.25, 0.3) is 0 Å². The zero-order valence-electron chi connectivity index (χ0n) is 21.0. The molecule has 6 nitrogen and oxygen atoms in total. The molecule has 0 heterocycles. The largest absolute Gasteiger partial charge is 0.464 e. The first-order valence-electron chi connectivity index (χ1n) is 11.9. The van der Waals surface area contributed by atoms with Gasteiger partial charge in [-0.2, -0.15) is 5.26 Å². The standard InChI is InChI=1S/C26H38N2O4S/c1-8-19-14-25(13-17(3)22(19)31-7)15-20-11-10-18(16-27)12-21(20)26(25,23(29)32-9-2)28-33(30)24(4,5)6/h10-12,17,19,22,28H,8-9,13-15H2,1-7H3/t17-,19+,22+,25+,26+,33+/m0/s1. The van der Waals surface area contributed by atoms with Gasteiger partial charge in [0.2, 0.25) is 0 Å². The SMILES string of the molecule is CCOC(=O)[C@]1(N[S@](=O)C(C)(C)C)c2cc(C#N)ccc2C[C@@]12C[C@@H](CC)[C@H](OC)[C@@H](C)C2. The monoisotopic (exact) mass is 474 g/mol. The Balaban J connectivity index is 2.30. The van der Waals surface area contributed by atoms with Crippen LogP contribution in [0.5, 0.6) is 0 Å². The highest BCUT2D eigenvalue weighted by atomic mass is 32.2. The van der Waals surface area contributed by atoms with E-state index in [-0.39, 0.29) is 24.5 Å². The lowest BCUT2D eigenvalue weighted by molar-refractivity contribution is -0.163. The van der Waals surface area contributed by atoms with E-state index < -0.39 is 32.7 Å². The maximum atomic E-state index is 14.0. The second kappa shape index (κ2) is 9.48. The van der Waals surface area contributed by atoms with Gasteiger partial charge in [0.15, 0.2) is 5.54 Å². The summed E-state index contributed by atoms with van der Waals surface area (Å²) in [5.41, 5.74) is 0.387. The van der Waals surface area contributed by atoms with E-state index in [9.17, 15) is 14.3 Å². The second-order valence-electron chi connectivity index (χ2n) is 10.6. The first kappa shape index (κ1) is 25.9. The summed E-state index contributed by atoms with van der Waals surface area (Å²) >= 11 is 0. The number of carbonyl (C=O) groups excluding carboxylic acids is 1. The van der Waals surface area contributed by atoms with Crippen LogP contribution in [0.1, 0.15) is 77.5 Å². The molecule has 33 heavy (non-hydrogen) atoms. The number of hydrogen-bond acceptors (Lipinski definition) is 5. The Morgan fingerprint density at radius 3 is 2.55 bits per heavy atom. The van der Waals surface area contributed by atoms with Crippen LogP contribution in [-0.4, -0.2) is 34.7 Å². The van der Waals surface area contributed by atoms with Crippen molar-refractivity contribution in [2.45, 2.75) is 83.6 Å². The van der Waals surface area contributed by atoms with Crippen molar-refractivity contribution in [2.24, 2.45) is 17.3 Å². The van der Waals surface area contributed by atoms with Crippen molar-refractivity contribution in [3.05, 3.63) is 34.9 Å². The van der Waals surface area contributed by atoms with E-state index in [1.54, 1.807) is 26.2 Å². The number of carbonyl (C=O) groups is 1. The first-order chi connectivity index (χ1) is 15.5. The van der Waals surface area contributed by atoms with Gasteiger partial charge in [-0.05, 0) is 82.1 Å². The lowest BCUT2D eigenvalue weighted by Gasteiger charge is -2.53. The van der Waals surface area contributed by atoms with E-state index in [4.69, 9.17) is 9.47 Å². The number of nitriles is 1. The Morgan fingerprint density at radius 1 is 1.30 bits per heavy atom. The lowest BCUT2D eigenvalue weighted by Crippen LogP contribution is -2.64. The quantitative estimate of drug-likeness (QED) is 0.618. The maximum absolute atomic E-state index is 14.0. The van der Waals surface area contributed by atoms with Gasteiger partial charge in [0, 0.05) is 12.5 Å². The lowest BCUT2D eigenvalue weighted by atomic mass is 9.56. The molecule has 1 N–H and O–H groups in total. The van der Waals surface area contributed by atoms with Gasteiger partial charge in [-0.1, -0.05) is 26.3 Å². The van der Waals surface area contributed by atoms with E-state index in [2.05, 4.69) is 24.6 Å². The van der Waals surface area contributed by atoms with Gasteiger partial charge >= 0.3 is 5.97 Å². The van der Waals surface area contributed by atoms with Crippen molar-refractivity contribution in [3.63, 3.8) is 0 Å². The normalized spacial score (nSPS) is 32.2. The first-order valence-corrected chi connectivity index (χ1v) is 13.1. The van der Waals surface area contributed by atoms with Crippen LogP contribution in [-0.2, 0) is 37.2 Å². The maximum Gasteiger partial charge on any atom is 0.332 e. The average Bonchev–Trinajstić information content (AvgIpc) is 3.01. The molecule has 0 unspecified atom stereocenters. The van der Waals surface area contributed by atoms with Crippen LogP contribution in [0.2, 0.25) is 0 Å².